The number of hydrogen-bond acceptors (Lipinski definition) is 4. The number of allylic oxidation sites excluding steroid dienone is 2. The topological polar surface area (TPSA) is 59.8 Å². The minimum Gasteiger partial charge on any atom is -0.346 e. The summed E-state index contributed by atoms with van der Waals surface area (Å²) >= 11 is 4.80. The Kier molecular flexibility index (Phi) is 7.33. The van der Waals surface area contributed by atoms with Crippen molar-refractivity contribution in [3.63, 3.8) is 0 Å². The molecule has 5 nitrogen and oxygen atoms in total. The summed E-state index contributed by atoms with van der Waals surface area (Å²) in [4.78, 5) is 17.3. The minimum absolute atomic E-state index is 0.204. The first kappa shape index (κ1) is 22.1. The Balaban J connectivity index is 1.89. The molecule has 1 N–H and O–H groups in total. The van der Waals surface area contributed by atoms with E-state index in [0.29, 0.717) is 18.5 Å². The van der Waals surface area contributed by atoms with E-state index in [2.05, 4.69) is 37.9 Å². The van der Waals surface area contributed by atoms with Crippen LogP contribution in [0.1, 0.15) is 36.7 Å². The highest BCUT2D eigenvalue weighted by atomic mass is 79.9. The van der Waals surface area contributed by atoms with Crippen LogP contribution in [-0.2, 0) is 11.3 Å². The summed E-state index contributed by atoms with van der Waals surface area (Å²) in [5.74, 6) is -0.514. The van der Waals surface area contributed by atoms with Crippen LogP contribution in [0.15, 0.2) is 58.0 Å². The fourth-order valence-corrected chi connectivity index (χ4v) is 3.91. The molecule has 0 aliphatic rings. The average molecular weight is 489 g/mol. The first-order valence-corrected chi connectivity index (χ1v) is 11.1. The van der Waals surface area contributed by atoms with Crippen molar-refractivity contribution in [2.24, 2.45) is 0 Å². The molecule has 0 saturated heterocycles. The van der Waals surface area contributed by atoms with Crippen molar-refractivity contribution in [2.45, 2.75) is 33.2 Å². The number of carbonyl (C=O) groups is 1. The lowest BCUT2D eigenvalue weighted by molar-refractivity contribution is -0.115. The Morgan fingerprint density at radius 3 is 2.73 bits per heavy atom. The Morgan fingerprint density at radius 2 is 2.10 bits per heavy atom. The summed E-state index contributed by atoms with van der Waals surface area (Å²) in [6, 6.07) is 6.08. The van der Waals surface area contributed by atoms with Gasteiger partial charge in [-0.25, -0.2) is 14.1 Å². The smallest absolute Gasteiger partial charge is 0.252 e. The van der Waals surface area contributed by atoms with Gasteiger partial charge in [-0.3, -0.25) is 4.79 Å². The number of amides is 1. The van der Waals surface area contributed by atoms with E-state index in [1.165, 1.54) is 23.5 Å². The second-order valence-corrected chi connectivity index (χ2v) is 8.87. The van der Waals surface area contributed by atoms with Crippen molar-refractivity contribution in [3.8, 4) is 5.69 Å². The van der Waals surface area contributed by atoms with Crippen molar-refractivity contribution in [2.75, 3.05) is 0 Å². The molecule has 8 heteroatoms. The van der Waals surface area contributed by atoms with Crippen LogP contribution in [0.4, 0.5) is 4.39 Å². The minimum atomic E-state index is -0.310. The molecular formula is C22H22BrFN4OS. The zero-order chi connectivity index (χ0) is 21.7. The van der Waals surface area contributed by atoms with Gasteiger partial charge in [-0.15, -0.1) is 11.3 Å². The van der Waals surface area contributed by atoms with Crippen LogP contribution in [0.2, 0.25) is 0 Å². The molecule has 1 aromatic carbocycles. The lowest BCUT2D eigenvalue weighted by atomic mass is 10.0. The molecule has 2 heterocycles. The van der Waals surface area contributed by atoms with E-state index in [1.54, 1.807) is 23.0 Å². The van der Waals surface area contributed by atoms with Crippen LogP contribution in [-0.4, -0.2) is 20.7 Å². The molecule has 0 saturated carbocycles. The van der Waals surface area contributed by atoms with Crippen molar-refractivity contribution < 1.29 is 9.18 Å². The third-order valence-corrected chi connectivity index (χ3v) is 6.08. The highest BCUT2D eigenvalue weighted by Gasteiger charge is 2.18. The highest BCUT2D eigenvalue weighted by Crippen LogP contribution is 2.24. The maximum absolute atomic E-state index is 13.3. The van der Waals surface area contributed by atoms with Crippen molar-refractivity contribution in [3.05, 3.63) is 80.8 Å². The lowest BCUT2D eigenvalue weighted by Gasteiger charge is -2.10. The molecule has 0 fully saturated rings. The second-order valence-electron chi connectivity index (χ2n) is 6.73. The lowest BCUT2D eigenvalue weighted by Crippen LogP contribution is -2.24. The fourth-order valence-electron chi connectivity index (χ4n) is 2.86. The second kappa shape index (κ2) is 9.95. The molecule has 30 heavy (non-hydrogen) atoms. The monoisotopic (exact) mass is 488 g/mol. The van der Waals surface area contributed by atoms with Gasteiger partial charge in [-0.05, 0) is 60.0 Å². The molecule has 1 amide bonds. The third kappa shape index (κ3) is 5.31. The van der Waals surface area contributed by atoms with Crippen LogP contribution in [0, 0.1) is 12.7 Å². The predicted octanol–water partition coefficient (Wildman–Crippen LogP) is 5.59. The normalized spacial score (nSPS) is 11.5. The van der Waals surface area contributed by atoms with E-state index in [1.807, 2.05) is 25.3 Å². The van der Waals surface area contributed by atoms with Gasteiger partial charge in [0.15, 0.2) is 3.92 Å². The number of thiazole rings is 1. The SMILES string of the molecule is C=C(CC)CC=C(C(=O)NCc1csc(Br)n1)c1cnn(-c2ccc(F)cc2)c1C. The van der Waals surface area contributed by atoms with E-state index in [0.717, 1.165) is 38.5 Å². The Bertz CT molecular complexity index is 1090. The van der Waals surface area contributed by atoms with Crippen LogP contribution in [0.25, 0.3) is 11.3 Å². The number of rotatable bonds is 8. The largest absolute Gasteiger partial charge is 0.346 e. The molecule has 3 rings (SSSR count). The van der Waals surface area contributed by atoms with Crippen molar-refractivity contribution in [1.82, 2.24) is 20.1 Å². The van der Waals surface area contributed by atoms with E-state index < -0.39 is 0 Å². The number of halogens is 2. The van der Waals surface area contributed by atoms with Crippen LogP contribution in [0.3, 0.4) is 0 Å². The first-order valence-electron chi connectivity index (χ1n) is 9.45. The Morgan fingerprint density at radius 1 is 1.37 bits per heavy atom. The zero-order valence-corrected chi connectivity index (χ0v) is 19.2. The number of nitrogens with one attached hydrogen (secondary N) is 1. The van der Waals surface area contributed by atoms with Gasteiger partial charge in [0.25, 0.3) is 5.91 Å². The predicted molar refractivity (Wildman–Crippen MR) is 122 cm³/mol. The van der Waals surface area contributed by atoms with Gasteiger partial charge >= 0.3 is 0 Å². The Labute approximate surface area is 187 Å². The summed E-state index contributed by atoms with van der Waals surface area (Å²) in [6.45, 7) is 8.29. The van der Waals surface area contributed by atoms with Gasteiger partial charge in [0.05, 0.1) is 24.1 Å². The van der Waals surface area contributed by atoms with Crippen LogP contribution in [0.5, 0.6) is 0 Å². The van der Waals surface area contributed by atoms with E-state index in [4.69, 9.17) is 0 Å². The quantitative estimate of drug-likeness (QED) is 0.331. The fraction of sp³-hybridized carbons (Fsp3) is 0.227. The van der Waals surface area contributed by atoms with Gasteiger partial charge in [0.1, 0.15) is 5.82 Å². The maximum Gasteiger partial charge on any atom is 0.252 e. The Hall–Kier alpha value is -2.58. The molecule has 0 aliphatic heterocycles. The molecule has 0 radical (unpaired) electrons. The molecule has 0 unspecified atom stereocenters. The van der Waals surface area contributed by atoms with Crippen molar-refractivity contribution >= 4 is 38.7 Å². The molecule has 2 aromatic heterocycles. The molecule has 0 aliphatic carbocycles. The average Bonchev–Trinajstić information content (AvgIpc) is 3.32. The van der Waals surface area contributed by atoms with Gasteiger partial charge in [-0.2, -0.15) is 5.10 Å². The van der Waals surface area contributed by atoms with Gasteiger partial charge in [0, 0.05) is 22.2 Å². The summed E-state index contributed by atoms with van der Waals surface area (Å²) in [7, 11) is 0. The molecule has 156 valence electrons. The number of nitrogens with zero attached hydrogens (tertiary/aromatic N) is 3. The molecular weight excluding hydrogens is 467 g/mol. The summed E-state index contributed by atoms with van der Waals surface area (Å²) in [5, 5.41) is 9.25. The summed E-state index contributed by atoms with van der Waals surface area (Å²) in [6.07, 6.45) is 4.99. The number of benzene rings is 1. The molecule has 3 aromatic rings. The number of hydrogen-bond donors (Lipinski definition) is 1. The zero-order valence-electron chi connectivity index (χ0n) is 16.8. The number of aromatic nitrogens is 3. The first-order chi connectivity index (χ1) is 14.4. The maximum atomic E-state index is 13.3. The highest BCUT2D eigenvalue weighted by molar-refractivity contribution is 9.11. The number of carbonyl (C=O) groups excluding carboxylic acids is 1. The molecule has 0 bridgehead atoms. The van der Waals surface area contributed by atoms with E-state index in [9.17, 15) is 9.18 Å². The molecule has 0 spiro atoms. The van der Waals surface area contributed by atoms with E-state index in [-0.39, 0.29) is 11.7 Å². The van der Waals surface area contributed by atoms with Gasteiger partial charge < -0.3 is 5.32 Å². The van der Waals surface area contributed by atoms with Crippen LogP contribution < -0.4 is 5.32 Å². The standard InChI is InChI=1S/C22H22BrFN4OS/c1-4-14(2)5-10-19(21(29)25-11-17-13-30-22(23)27-17)20-12-26-28(15(20)3)18-8-6-16(24)7-9-18/h6-10,12-13H,2,4-5,11H2,1,3H3,(H,25,29). The van der Waals surface area contributed by atoms with Gasteiger partial charge in [0.2, 0.25) is 0 Å². The summed E-state index contributed by atoms with van der Waals surface area (Å²) in [5.41, 5.74) is 4.60. The molecule has 0 atom stereocenters. The summed E-state index contributed by atoms with van der Waals surface area (Å²) < 4.78 is 15.7. The van der Waals surface area contributed by atoms with Gasteiger partial charge in [-0.1, -0.05) is 25.2 Å². The van der Waals surface area contributed by atoms with Crippen LogP contribution >= 0.6 is 27.3 Å². The van der Waals surface area contributed by atoms with E-state index >= 15 is 0 Å². The third-order valence-electron chi connectivity index (χ3n) is 4.66. The van der Waals surface area contributed by atoms with Crippen molar-refractivity contribution in [1.29, 1.82) is 0 Å².